The summed E-state index contributed by atoms with van der Waals surface area (Å²) in [5.74, 6) is -3.64. The molecule has 20 atom stereocenters. The predicted octanol–water partition coefficient (Wildman–Crippen LogP) is 0.899. The summed E-state index contributed by atoms with van der Waals surface area (Å²) in [5.41, 5.74) is -1.23. The smallest absolute Gasteiger partial charge is 0.200 e. The first-order valence-corrected chi connectivity index (χ1v) is 22.7. The Morgan fingerprint density at radius 2 is 1.38 bits per heavy atom. The van der Waals surface area contributed by atoms with Gasteiger partial charge in [-0.3, -0.25) is 9.59 Å². The lowest BCUT2D eigenvalue weighted by Crippen LogP contribution is -2.58. The van der Waals surface area contributed by atoms with Crippen molar-refractivity contribution in [3.63, 3.8) is 0 Å². The first kappa shape index (κ1) is 50.7. The Labute approximate surface area is 382 Å². The van der Waals surface area contributed by atoms with E-state index in [4.69, 9.17) is 42.6 Å². The van der Waals surface area contributed by atoms with Gasteiger partial charge >= 0.3 is 0 Å². The number of methoxy groups -OCH3 is 1. The largest absolute Gasteiger partial charge is 0.507 e. The Kier molecular flexibility index (Phi) is 15.4. The van der Waals surface area contributed by atoms with Gasteiger partial charge in [-0.15, -0.1) is 0 Å². The van der Waals surface area contributed by atoms with Crippen LogP contribution in [0.2, 0.25) is 0 Å². The molecule has 0 radical (unpaired) electrons. The van der Waals surface area contributed by atoms with E-state index in [1.807, 2.05) is 0 Å². The van der Waals surface area contributed by atoms with Crippen LogP contribution in [0.4, 0.5) is 0 Å². The lowest BCUT2D eigenvalue weighted by molar-refractivity contribution is -0.334. The van der Waals surface area contributed by atoms with E-state index in [-0.39, 0.29) is 64.6 Å². The molecule has 1 aliphatic carbocycles. The van der Waals surface area contributed by atoms with Crippen molar-refractivity contribution in [1.29, 1.82) is 0 Å². The average Bonchev–Trinajstić information content (AvgIpc) is 3.24. The van der Waals surface area contributed by atoms with Crippen molar-refractivity contribution in [2.45, 2.75) is 203 Å². The molecular formula is C46H66O20. The fourth-order valence-corrected chi connectivity index (χ4v) is 9.84. The van der Waals surface area contributed by atoms with E-state index in [9.17, 15) is 55.5 Å². The number of phenols is 2. The molecule has 2 aromatic rings. The molecule has 9 N–H and O–H groups in total. The van der Waals surface area contributed by atoms with Crippen molar-refractivity contribution < 1.29 is 98.2 Å². The molecule has 20 nitrogen and oxygen atoms in total. The molecule has 0 amide bonds. The van der Waals surface area contributed by atoms with Crippen molar-refractivity contribution in [3.8, 4) is 17.2 Å². The number of aromatic hydroxyl groups is 2. The highest BCUT2D eigenvalue weighted by Gasteiger charge is 2.51. The van der Waals surface area contributed by atoms with E-state index in [1.54, 1.807) is 46.8 Å². The Bertz CT molecular complexity index is 2060. The standard InChI is InChI=1S/C46H66O20/c1-17-27(63-30-10-9-26(48)19(3)59-30)13-24-11-23-12-25(43(58-8)42(55)37(50)18(2)47)44(41(54)35(23)40(53)34(24)36(17)49)66-32-15-28(38(51)21(5)61-32)64-31-14-29(39(52)20(4)60-31)65-33-16-46(7,57)45(56)22(6)62-33/h11,13,18-22,25-26,28-33,37-39,43-45,47-53,56-57H,9-10,12,14-16H2,1-8H3/t18-,19?,20?,21?,22?,25+,26-,28-,29-,30+,31+,32+,33+,37+,38+,39+,43+,44+,45+,46+/m1/s1. The maximum absolute atomic E-state index is 14.8. The fourth-order valence-electron chi connectivity index (χ4n) is 9.84. The molecule has 4 saturated heterocycles. The number of benzene rings is 2. The molecule has 66 heavy (non-hydrogen) atoms. The summed E-state index contributed by atoms with van der Waals surface area (Å²) >= 11 is 0. The second-order valence-corrected chi connectivity index (χ2v) is 18.9. The van der Waals surface area contributed by atoms with Gasteiger partial charge in [0.1, 0.15) is 53.9 Å². The molecule has 4 unspecified atom stereocenters. The lowest BCUT2D eigenvalue weighted by atomic mass is 9.75. The molecule has 4 heterocycles. The number of rotatable bonds is 13. The molecule has 370 valence electrons. The van der Waals surface area contributed by atoms with Crippen LogP contribution in [0, 0.1) is 12.8 Å². The van der Waals surface area contributed by atoms with Crippen molar-refractivity contribution in [3.05, 3.63) is 28.8 Å². The van der Waals surface area contributed by atoms with Crippen LogP contribution in [0.15, 0.2) is 12.1 Å². The van der Waals surface area contributed by atoms with Gasteiger partial charge in [0.05, 0.1) is 65.4 Å². The number of ketones is 2. The summed E-state index contributed by atoms with van der Waals surface area (Å²) in [6.07, 6.45) is -19.5. The molecule has 2 aromatic carbocycles. The third-order valence-electron chi connectivity index (χ3n) is 13.8. The molecule has 0 spiro atoms. The fraction of sp³-hybridized carbons (Fsp3) is 0.739. The minimum atomic E-state index is -1.90. The summed E-state index contributed by atoms with van der Waals surface area (Å²) in [6.45, 7) is 10.7. The van der Waals surface area contributed by atoms with Gasteiger partial charge in [-0.2, -0.15) is 0 Å². The van der Waals surface area contributed by atoms with E-state index >= 15 is 0 Å². The number of aliphatic hydroxyl groups excluding tert-OH is 6. The monoisotopic (exact) mass is 938 g/mol. The van der Waals surface area contributed by atoms with Crippen LogP contribution < -0.4 is 4.74 Å². The van der Waals surface area contributed by atoms with E-state index < -0.39 is 139 Å². The molecule has 0 bridgehead atoms. The van der Waals surface area contributed by atoms with Crippen LogP contribution in [0.3, 0.4) is 0 Å². The number of fused-ring (bicyclic) bond motifs is 2. The number of aliphatic hydroxyl groups is 7. The Hall–Kier alpha value is -3.16. The van der Waals surface area contributed by atoms with Crippen molar-refractivity contribution >= 4 is 22.3 Å². The number of ether oxygens (including phenoxy) is 9. The van der Waals surface area contributed by atoms with Crippen molar-refractivity contribution in [1.82, 2.24) is 0 Å². The zero-order chi connectivity index (χ0) is 48.3. The maximum Gasteiger partial charge on any atom is 0.200 e. The third-order valence-corrected chi connectivity index (χ3v) is 13.8. The zero-order valence-corrected chi connectivity index (χ0v) is 38.4. The predicted molar refractivity (Wildman–Crippen MR) is 227 cm³/mol. The van der Waals surface area contributed by atoms with Crippen LogP contribution in [0.25, 0.3) is 10.8 Å². The van der Waals surface area contributed by atoms with E-state index in [0.29, 0.717) is 12.8 Å². The number of hydrogen-bond donors (Lipinski definition) is 9. The number of carbonyl (C=O) groups is 2. The van der Waals surface area contributed by atoms with Gasteiger partial charge < -0.3 is 88.6 Å². The van der Waals surface area contributed by atoms with Gasteiger partial charge in [-0.1, -0.05) is 0 Å². The molecule has 4 aliphatic heterocycles. The zero-order valence-electron chi connectivity index (χ0n) is 38.4. The van der Waals surface area contributed by atoms with E-state index in [1.165, 1.54) is 21.0 Å². The minimum Gasteiger partial charge on any atom is -0.507 e. The summed E-state index contributed by atoms with van der Waals surface area (Å²) in [7, 11) is 1.20. The topological polar surface area (TPSA) is 299 Å². The Morgan fingerprint density at radius 3 is 1.95 bits per heavy atom. The summed E-state index contributed by atoms with van der Waals surface area (Å²) in [4.78, 5) is 28.6. The minimum absolute atomic E-state index is 0.0392. The van der Waals surface area contributed by atoms with Crippen LogP contribution in [0.1, 0.15) is 95.1 Å². The lowest BCUT2D eigenvalue weighted by Gasteiger charge is -2.46. The number of hydrogen-bond acceptors (Lipinski definition) is 20. The van der Waals surface area contributed by atoms with E-state index in [0.717, 1.165) is 0 Å². The van der Waals surface area contributed by atoms with Gasteiger partial charge in [0.25, 0.3) is 0 Å². The van der Waals surface area contributed by atoms with Gasteiger partial charge in [-0.05, 0) is 84.4 Å². The van der Waals surface area contributed by atoms with Gasteiger partial charge in [0.2, 0.25) is 0 Å². The second kappa shape index (κ2) is 20.1. The quantitative estimate of drug-likeness (QED) is 0.135. The van der Waals surface area contributed by atoms with Crippen LogP contribution in [0.5, 0.6) is 17.2 Å². The number of Topliss-reactive ketones (excluding diaryl/α,β-unsaturated/α-hetero) is 2. The highest BCUT2D eigenvalue weighted by atomic mass is 16.7. The average molecular weight is 939 g/mol. The van der Waals surface area contributed by atoms with Gasteiger partial charge in [0.15, 0.2) is 36.7 Å². The molecule has 7 rings (SSSR count). The third kappa shape index (κ3) is 10.1. The SMILES string of the molecule is CO[C@H](C(=O)[C@@H](O)[C@@H](C)O)[C@@H]1Cc2cc3cc(O[C@H]4CC[C@@H](O)C(C)O4)c(C)c(O)c3c(O)c2C(=O)[C@H]1O[C@H]1C[C@@H](O[C@H]2C[C@@H](O[C@H]3C[C@](C)(O)[C@@H](O)C(C)O3)[C@@H](O)C(C)O2)[C@@H](O)C(C)O1. The Morgan fingerprint density at radius 1 is 0.803 bits per heavy atom. The summed E-state index contributed by atoms with van der Waals surface area (Å²) in [6, 6.07) is 3.15. The first-order chi connectivity index (χ1) is 31.0. The van der Waals surface area contributed by atoms with Gasteiger partial charge in [0, 0.05) is 44.3 Å². The Balaban J connectivity index is 1.15. The van der Waals surface area contributed by atoms with Crippen LogP contribution in [-0.4, -0.2) is 181 Å². The maximum atomic E-state index is 14.8. The van der Waals surface area contributed by atoms with Crippen LogP contribution >= 0.6 is 0 Å². The van der Waals surface area contributed by atoms with Crippen molar-refractivity contribution in [2.24, 2.45) is 5.92 Å². The highest BCUT2D eigenvalue weighted by molar-refractivity contribution is 6.11. The highest BCUT2D eigenvalue weighted by Crippen LogP contribution is 2.47. The normalized spacial score (nSPS) is 40.1. The summed E-state index contributed by atoms with van der Waals surface area (Å²) < 4.78 is 54.2. The van der Waals surface area contributed by atoms with E-state index in [2.05, 4.69) is 0 Å². The molecule has 4 fully saturated rings. The molecule has 20 heteroatoms. The molecule has 5 aliphatic rings. The van der Waals surface area contributed by atoms with Crippen LogP contribution in [-0.2, 0) is 49.1 Å². The summed E-state index contributed by atoms with van der Waals surface area (Å²) in [5, 5.41) is 98.2. The molecular weight excluding hydrogens is 872 g/mol. The first-order valence-electron chi connectivity index (χ1n) is 22.7. The number of carbonyl (C=O) groups excluding carboxylic acids is 2. The van der Waals surface area contributed by atoms with Crippen molar-refractivity contribution in [2.75, 3.05) is 7.11 Å². The molecule has 0 aromatic heterocycles. The molecule has 0 saturated carbocycles. The number of phenolic OH excluding ortho intramolecular Hbond substituents is 2. The van der Waals surface area contributed by atoms with Gasteiger partial charge in [-0.25, -0.2) is 0 Å². The second-order valence-electron chi connectivity index (χ2n) is 18.9.